The number of halogens is 1. The van der Waals surface area contributed by atoms with Crippen LogP contribution in [0, 0.1) is 5.41 Å². The van der Waals surface area contributed by atoms with E-state index >= 15 is 0 Å². The van der Waals surface area contributed by atoms with Crippen molar-refractivity contribution in [1.29, 1.82) is 0 Å². The van der Waals surface area contributed by atoms with Gasteiger partial charge in [-0.15, -0.1) is 24.0 Å². The maximum absolute atomic E-state index is 11.9. The Bertz CT molecular complexity index is 664. The second-order valence-corrected chi connectivity index (χ2v) is 8.37. The van der Waals surface area contributed by atoms with Crippen LogP contribution in [-0.4, -0.2) is 52.3 Å². The predicted molar refractivity (Wildman–Crippen MR) is 123 cm³/mol. The molecule has 0 radical (unpaired) electrons. The fraction of sp³-hybridized carbons (Fsp3) is 0.789. The van der Waals surface area contributed by atoms with Crippen LogP contribution in [0.1, 0.15) is 65.5 Å². The Balaban J connectivity index is 0.00000392. The van der Waals surface area contributed by atoms with Crippen molar-refractivity contribution in [2.45, 2.75) is 72.9 Å². The number of aryl methyl sites for hydroxylation is 1. The molecule has 8 nitrogen and oxygen atoms in total. The van der Waals surface area contributed by atoms with Crippen molar-refractivity contribution in [3.8, 4) is 0 Å². The summed E-state index contributed by atoms with van der Waals surface area (Å²) in [6.45, 7) is 14.6. The van der Waals surface area contributed by atoms with Crippen molar-refractivity contribution in [3.05, 3.63) is 11.6 Å². The summed E-state index contributed by atoms with van der Waals surface area (Å²) in [5.41, 5.74) is -0.376. The third-order valence-electron chi connectivity index (χ3n) is 4.42. The minimum atomic E-state index is -0.376. The van der Waals surface area contributed by atoms with E-state index in [1.165, 1.54) is 0 Å². The Labute approximate surface area is 185 Å². The molecule has 0 bridgehead atoms. The quantitative estimate of drug-likeness (QED) is 0.238. The topological polar surface area (TPSA) is 96.2 Å². The number of fused-ring (bicyclic) bond motifs is 1. The van der Waals surface area contributed by atoms with Crippen LogP contribution in [0.2, 0.25) is 0 Å². The second-order valence-electron chi connectivity index (χ2n) is 8.37. The molecular formula is C19H36IN7O. The SMILES string of the molecule is CCNC(=NCCNC(=O)C(C)(C)C)NC1CCc2nc(C(C)C)nn2C1.I. The molecule has 28 heavy (non-hydrogen) atoms. The van der Waals surface area contributed by atoms with E-state index in [4.69, 9.17) is 0 Å². The van der Waals surface area contributed by atoms with Crippen LogP contribution >= 0.6 is 24.0 Å². The van der Waals surface area contributed by atoms with Crippen molar-refractivity contribution >= 4 is 35.8 Å². The Morgan fingerprint density at radius 1 is 1.32 bits per heavy atom. The highest BCUT2D eigenvalue weighted by Gasteiger charge is 2.23. The van der Waals surface area contributed by atoms with Gasteiger partial charge in [-0.1, -0.05) is 34.6 Å². The lowest BCUT2D eigenvalue weighted by Gasteiger charge is -2.25. The summed E-state index contributed by atoms with van der Waals surface area (Å²) < 4.78 is 2.02. The largest absolute Gasteiger partial charge is 0.357 e. The maximum Gasteiger partial charge on any atom is 0.225 e. The Morgan fingerprint density at radius 2 is 2.04 bits per heavy atom. The number of amides is 1. The Kier molecular flexibility index (Phi) is 9.65. The van der Waals surface area contributed by atoms with Crippen LogP contribution in [0.4, 0.5) is 0 Å². The van der Waals surface area contributed by atoms with E-state index < -0.39 is 0 Å². The minimum Gasteiger partial charge on any atom is -0.357 e. The lowest BCUT2D eigenvalue weighted by molar-refractivity contribution is -0.128. The summed E-state index contributed by atoms with van der Waals surface area (Å²) in [5, 5.41) is 14.3. The molecule has 0 saturated carbocycles. The highest BCUT2D eigenvalue weighted by molar-refractivity contribution is 14.0. The van der Waals surface area contributed by atoms with Gasteiger partial charge in [-0.3, -0.25) is 9.79 Å². The second kappa shape index (κ2) is 11.0. The van der Waals surface area contributed by atoms with Crippen LogP contribution < -0.4 is 16.0 Å². The first-order valence-electron chi connectivity index (χ1n) is 9.97. The fourth-order valence-corrected chi connectivity index (χ4v) is 2.81. The number of rotatable bonds is 6. The van der Waals surface area contributed by atoms with Crippen LogP contribution in [-0.2, 0) is 17.8 Å². The fourth-order valence-electron chi connectivity index (χ4n) is 2.81. The number of nitrogens with one attached hydrogen (secondary N) is 3. The van der Waals surface area contributed by atoms with E-state index in [9.17, 15) is 4.79 Å². The van der Waals surface area contributed by atoms with Gasteiger partial charge in [0.25, 0.3) is 0 Å². The summed E-state index contributed by atoms with van der Waals surface area (Å²) in [6, 6.07) is 0.265. The highest BCUT2D eigenvalue weighted by atomic mass is 127. The molecule has 1 amide bonds. The molecule has 1 aromatic heterocycles. The zero-order valence-corrected chi connectivity index (χ0v) is 20.3. The number of hydrogen-bond acceptors (Lipinski definition) is 4. The van der Waals surface area contributed by atoms with Gasteiger partial charge in [-0.05, 0) is 13.3 Å². The number of hydrogen-bond donors (Lipinski definition) is 3. The zero-order chi connectivity index (χ0) is 20.0. The summed E-state index contributed by atoms with van der Waals surface area (Å²) in [5.74, 6) is 3.16. The molecule has 0 saturated heterocycles. The van der Waals surface area contributed by atoms with Crippen molar-refractivity contribution in [2.75, 3.05) is 19.6 Å². The van der Waals surface area contributed by atoms with E-state index in [0.29, 0.717) is 19.0 Å². The number of guanidine groups is 1. The Hall–Kier alpha value is -1.39. The zero-order valence-electron chi connectivity index (χ0n) is 18.0. The molecule has 0 aromatic carbocycles. The summed E-state index contributed by atoms with van der Waals surface area (Å²) >= 11 is 0. The lowest BCUT2D eigenvalue weighted by Crippen LogP contribution is -2.47. The first-order valence-corrected chi connectivity index (χ1v) is 9.97. The van der Waals surface area contributed by atoms with E-state index in [2.05, 4.69) is 44.9 Å². The molecule has 0 aliphatic carbocycles. The average molecular weight is 505 g/mol. The van der Waals surface area contributed by atoms with Gasteiger partial charge in [-0.2, -0.15) is 5.10 Å². The van der Waals surface area contributed by atoms with Crippen molar-refractivity contribution in [2.24, 2.45) is 10.4 Å². The van der Waals surface area contributed by atoms with E-state index in [0.717, 1.165) is 43.5 Å². The third-order valence-corrected chi connectivity index (χ3v) is 4.42. The van der Waals surface area contributed by atoms with Crippen LogP contribution in [0.3, 0.4) is 0 Å². The van der Waals surface area contributed by atoms with Gasteiger partial charge in [-0.25, -0.2) is 9.67 Å². The van der Waals surface area contributed by atoms with Gasteiger partial charge in [0.1, 0.15) is 5.82 Å². The molecule has 3 N–H and O–H groups in total. The standard InChI is InChI=1S/C19H35N7O.HI/c1-7-20-18(22-11-10-21-17(27)19(4,5)6)23-14-8-9-15-24-16(13(2)3)25-26(15)12-14;/h13-14H,7-12H2,1-6H3,(H,21,27)(H2,20,22,23);1H. The first kappa shape index (κ1) is 24.6. The molecular weight excluding hydrogens is 469 g/mol. The molecule has 1 unspecified atom stereocenters. The van der Waals surface area contributed by atoms with E-state index in [1.54, 1.807) is 0 Å². The summed E-state index contributed by atoms with van der Waals surface area (Å²) in [6.07, 6.45) is 1.92. The number of aromatic nitrogens is 3. The van der Waals surface area contributed by atoms with Crippen molar-refractivity contribution in [3.63, 3.8) is 0 Å². The molecule has 0 spiro atoms. The first-order chi connectivity index (χ1) is 12.7. The molecule has 0 fully saturated rings. The molecule has 9 heteroatoms. The van der Waals surface area contributed by atoms with Gasteiger partial charge < -0.3 is 16.0 Å². The van der Waals surface area contributed by atoms with E-state index in [-0.39, 0.29) is 41.3 Å². The summed E-state index contributed by atoms with van der Waals surface area (Å²) in [7, 11) is 0. The number of nitrogens with zero attached hydrogens (tertiary/aromatic N) is 4. The van der Waals surface area contributed by atoms with E-state index in [1.807, 2.05) is 32.4 Å². The van der Waals surface area contributed by atoms with Gasteiger partial charge in [0.15, 0.2) is 11.8 Å². The molecule has 1 aliphatic rings. The van der Waals surface area contributed by atoms with Crippen LogP contribution in [0.5, 0.6) is 0 Å². The van der Waals surface area contributed by atoms with Crippen LogP contribution in [0.25, 0.3) is 0 Å². The predicted octanol–water partition coefficient (Wildman–Crippen LogP) is 2.05. The number of carbonyl (C=O) groups is 1. The molecule has 1 aromatic rings. The monoisotopic (exact) mass is 505 g/mol. The van der Waals surface area contributed by atoms with Gasteiger partial charge in [0, 0.05) is 36.9 Å². The van der Waals surface area contributed by atoms with Crippen molar-refractivity contribution in [1.82, 2.24) is 30.7 Å². The smallest absolute Gasteiger partial charge is 0.225 e. The van der Waals surface area contributed by atoms with Crippen LogP contribution in [0.15, 0.2) is 4.99 Å². The Morgan fingerprint density at radius 3 is 2.64 bits per heavy atom. The molecule has 1 atom stereocenters. The molecule has 2 heterocycles. The minimum absolute atomic E-state index is 0. The molecule has 2 rings (SSSR count). The molecule has 1 aliphatic heterocycles. The third kappa shape index (κ3) is 7.21. The van der Waals surface area contributed by atoms with Gasteiger partial charge in [0.2, 0.25) is 5.91 Å². The number of aliphatic imine (C=N–C) groups is 1. The molecule has 160 valence electrons. The normalized spacial score (nSPS) is 17.0. The van der Waals surface area contributed by atoms with Gasteiger partial charge in [0.05, 0.1) is 13.1 Å². The highest BCUT2D eigenvalue weighted by Crippen LogP contribution is 2.17. The number of carbonyl (C=O) groups excluding carboxylic acids is 1. The van der Waals surface area contributed by atoms with Gasteiger partial charge >= 0.3 is 0 Å². The van der Waals surface area contributed by atoms with Crippen molar-refractivity contribution < 1.29 is 4.79 Å². The summed E-state index contributed by atoms with van der Waals surface area (Å²) in [4.78, 5) is 21.1. The maximum atomic E-state index is 11.9. The lowest BCUT2D eigenvalue weighted by atomic mass is 9.96. The average Bonchev–Trinajstić information content (AvgIpc) is 3.01.